The summed E-state index contributed by atoms with van der Waals surface area (Å²) in [7, 11) is 0. The lowest BCUT2D eigenvalue weighted by molar-refractivity contribution is 0.288. The van der Waals surface area contributed by atoms with Crippen molar-refractivity contribution in [3.05, 3.63) is 15.6 Å². The first-order valence-corrected chi connectivity index (χ1v) is 6.07. The van der Waals surface area contributed by atoms with Crippen LogP contribution in [-0.2, 0) is 6.42 Å². The molecule has 80 valence electrons. The van der Waals surface area contributed by atoms with Crippen LogP contribution in [0.5, 0.6) is 0 Å². The van der Waals surface area contributed by atoms with Crippen LogP contribution in [0.1, 0.15) is 48.2 Å². The average molecular weight is 213 g/mol. The van der Waals surface area contributed by atoms with E-state index in [0.29, 0.717) is 5.92 Å². The van der Waals surface area contributed by atoms with E-state index in [-0.39, 0.29) is 6.61 Å². The van der Waals surface area contributed by atoms with Gasteiger partial charge in [-0.05, 0) is 26.2 Å². The third kappa shape index (κ3) is 2.79. The van der Waals surface area contributed by atoms with Crippen LogP contribution in [0, 0.1) is 6.92 Å². The van der Waals surface area contributed by atoms with Gasteiger partial charge in [-0.15, -0.1) is 11.3 Å². The van der Waals surface area contributed by atoms with Gasteiger partial charge in [0, 0.05) is 17.4 Å². The lowest BCUT2D eigenvalue weighted by atomic mass is 10.1. The maximum atomic E-state index is 8.76. The van der Waals surface area contributed by atoms with Gasteiger partial charge in [-0.2, -0.15) is 0 Å². The molecule has 1 unspecified atom stereocenters. The first-order chi connectivity index (χ1) is 6.69. The molecule has 0 bridgehead atoms. The number of thiazole rings is 1. The zero-order valence-corrected chi connectivity index (χ0v) is 10.0. The summed E-state index contributed by atoms with van der Waals surface area (Å²) in [6.07, 6.45) is 2.88. The smallest absolute Gasteiger partial charge is 0.0959 e. The summed E-state index contributed by atoms with van der Waals surface area (Å²) < 4.78 is 0. The van der Waals surface area contributed by atoms with E-state index in [1.807, 2.05) is 0 Å². The minimum absolute atomic E-state index is 0.260. The molecule has 0 aliphatic carbocycles. The highest BCUT2D eigenvalue weighted by Gasteiger charge is 2.11. The van der Waals surface area contributed by atoms with Crippen LogP contribution < -0.4 is 0 Å². The van der Waals surface area contributed by atoms with Gasteiger partial charge < -0.3 is 5.11 Å². The van der Waals surface area contributed by atoms with E-state index in [4.69, 9.17) is 5.11 Å². The molecule has 2 nitrogen and oxygen atoms in total. The molecule has 1 aromatic rings. The van der Waals surface area contributed by atoms with Crippen molar-refractivity contribution in [1.29, 1.82) is 0 Å². The Hall–Kier alpha value is -0.410. The third-order valence-electron chi connectivity index (χ3n) is 2.51. The zero-order chi connectivity index (χ0) is 10.6. The minimum atomic E-state index is 0.260. The predicted molar refractivity (Wildman–Crippen MR) is 61.0 cm³/mol. The van der Waals surface area contributed by atoms with Crippen LogP contribution in [0.15, 0.2) is 0 Å². The number of nitrogens with zero attached hydrogens (tertiary/aromatic N) is 1. The standard InChI is InChI=1S/C11H19NOS/c1-4-8(2)11-12-10(6-5-7-13)9(3)14-11/h8,13H,4-7H2,1-3H3. The van der Waals surface area contributed by atoms with Gasteiger partial charge in [-0.1, -0.05) is 13.8 Å². The van der Waals surface area contributed by atoms with Gasteiger partial charge in [-0.25, -0.2) is 4.98 Å². The number of aryl methyl sites for hydroxylation is 2. The largest absolute Gasteiger partial charge is 0.396 e. The van der Waals surface area contributed by atoms with Crippen molar-refractivity contribution in [2.75, 3.05) is 6.61 Å². The van der Waals surface area contributed by atoms with Gasteiger partial charge in [0.15, 0.2) is 0 Å². The number of hydrogen-bond acceptors (Lipinski definition) is 3. The van der Waals surface area contributed by atoms with Crippen LogP contribution in [0.3, 0.4) is 0 Å². The fraction of sp³-hybridized carbons (Fsp3) is 0.727. The summed E-state index contributed by atoms with van der Waals surface area (Å²) in [5.41, 5.74) is 1.18. The molecule has 1 rings (SSSR count). The van der Waals surface area contributed by atoms with Gasteiger partial charge in [0.05, 0.1) is 10.7 Å². The maximum Gasteiger partial charge on any atom is 0.0959 e. The van der Waals surface area contributed by atoms with Gasteiger partial charge in [-0.3, -0.25) is 0 Å². The van der Waals surface area contributed by atoms with E-state index in [1.54, 1.807) is 11.3 Å². The molecule has 0 aliphatic rings. The molecular formula is C11H19NOS. The predicted octanol–water partition coefficient (Wildman–Crippen LogP) is 2.89. The Labute approximate surface area is 90.0 Å². The highest BCUT2D eigenvalue weighted by molar-refractivity contribution is 7.11. The Morgan fingerprint density at radius 1 is 1.50 bits per heavy atom. The van der Waals surface area contributed by atoms with E-state index in [9.17, 15) is 0 Å². The Balaban J connectivity index is 2.71. The summed E-state index contributed by atoms with van der Waals surface area (Å²) in [5.74, 6) is 0.571. The fourth-order valence-electron chi connectivity index (χ4n) is 1.31. The third-order valence-corrected chi connectivity index (χ3v) is 3.76. The van der Waals surface area contributed by atoms with Crippen LogP contribution >= 0.6 is 11.3 Å². The molecule has 0 saturated heterocycles. The van der Waals surface area contributed by atoms with Crippen molar-refractivity contribution < 1.29 is 5.11 Å². The first kappa shape index (κ1) is 11.7. The van der Waals surface area contributed by atoms with Crippen LogP contribution in [0.25, 0.3) is 0 Å². The van der Waals surface area contributed by atoms with Crippen molar-refractivity contribution in [3.63, 3.8) is 0 Å². The Morgan fingerprint density at radius 2 is 2.21 bits per heavy atom. The van der Waals surface area contributed by atoms with Crippen molar-refractivity contribution >= 4 is 11.3 Å². The fourth-order valence-corrected chi connectivity index (χ4v) is 2.42. The molecule has 0 fully saturated rings. The molecule has 0 spiro atoms. The van der Waals surface area contributed by atoms with E-state index in [1.165, 1.54) is 15.6 Å². The maximum absolute atomic E-state index is 8.76. The summed E-state index contributed by atoms with van der Waals surface area (Å²) in [6, 6.07) is 0. The SMILES string of the molecule is CCC(C)c1nc(CCCO)c(C)s1. The number of aliphatic hydroxyl groups excluding tert-OH is 1. The Bertz CT molecular complexity index is 283. The minimum Gasteiger partial charge on any atom is -0.396 e. The molecule has 3 heteroatoms. The van der Waals surface area contributed by atoms with E-state index >= 15 is 0 Å². The molecule has 1 atom stereocenters. The van der Waals surface area contributed by atoms with Crippen LogP contribution in [0.2, 0.25) is 0 Å². The van der Waals surface area contributed by atoms with Crippen molar-refractivity contribution in [2.45, 2.75) is 46.0 Å². The van der Waals surface area contributed by atoms with Gasteiger partial charge in [0.1, 0.15) is 0 Å². The quantitative estimate of drug-likeness (QED) is 0.816. The average Bonchev–Trinajstić information content (AvgIpc) is 2.56. The van der Waals surface area contributed by atoms with E-state index < -0.39 is 0 Å². The van der Waals surface area contributed by atoms with Gasteiger partial charge >= 0.3 is 0 Å². The number of aromatic nitrogens is 1. The summed E-state index contributed by atoms with van der Waals surface area (Å²) in [6.45, 7) is 6.79. The molecule has 0 saturated carbocycles. The van der Waals surface area contributed by atoms with Crippen molar-refractivity contribution in [3.8, 4) is 0 Å². The first-order valence-electron chi connectivity index (χ1n) is 5.26. The highest BCUT2D eigenvalue weighted by atomic mass is 32.1. The molecule has 0 radical (unpaired) electrons. The number of aliphatic hydroxyl groups is 1. The summed E-state index contributed by atoms with van der Waals surface area (Å²) in [4.78, 5) is 5.94. The Morgan fingerprint density at radius 3 is 2.79 bits per heavy atom. The molecule has 0 aromatic carbocycles. The Kier molecular flexibility index (Phi) is 4.55. The molecule has 1 N–H and O–H groups in total. The number of hydrogen-bond donors (Lipinski definition) is 1. The zero-order valence-electron chi connectivity index (χ0n) is 9.21. The summed E-state index contributed by atoms with van der Waals surface area (Å²) in [5, 5.41) is 10.0. The van der Waals surface area contributed by atoms with Crippen LogP contribution in [-0.4, -0.2) is 16.7 Å². The molecular weight excluding hydrogens is 194 g/mol. The van der Waals surface area contributed by atoms with Gasteiger partial charge in [0.2, 0.25) is 0 Å². The lowest BCUT2D eigenvalue weighted by Crippen LogP contribution is -1.94. The molecule has 0 aliphatic heterocycles. The van der Waals surface area contributed by atoms with E-state index in [0.717, 1.165) is 19.3 Å². The second-order valence-corrected chi connectivity index (χ2v) is 4.93. The van der Waals surface area contributed by atoms with Crippen molar-refractivity contribution in [1.82, 2.24) is 4.98 Å². The van der Waals surface area contributed by atoms with Crippen LogP contribution in [0.4, 0.5) is 0 Å². The summed E-state index contributed by atoms with van der Waals surface area (Å²) >= 11 is 1.80. The normalized spacial score (nSPS) is 13.1. The lowest BCUT2D eigenvalue weighted by Gasteiger charge is -2.01. The van der Waals surface area contributed by atoms with Crippen molar-refractivity contribution in [2.24, 2.45) is 0 Å². The molecule has 0 amide bonds. The second kappa shape index (κ2) is 5.47. The van der Waals surface area contributed by atoms with Gasteiger partial charge in [0.25, 0.3) is 0 Å². The molecule has 1 aromatic heterocycles. The second-order valence-electron chi connectivity index (χ2n) is 3.69. The van der Waals surface area contributed by atoms with E-state index in [2.05, 4.69) is 25.8 Å². The molecule has 14 heavy (non-hydrogen) atoms. The monoisotopic (exact) mass is 213 g/mol. The molecule has 1 heterocycles. The highest BCUT2D eigenvalue weighted by Crippen LogP contribution is 2.26. The topological polar surface area (TPSA) is 33.1 Å². The number of rotatable bonds is 5.